The van der Waals surface area contributed by atoms with Gasteiger partial charge in [0.1, 0.15) is 5.82 Å². The Morgan fingerprint density at radius 3 is 2.38 bits per heavy atom. The van der Waals surface area contributed by atoms with Gasteiger partial charge in [0.2, 0.25) is 5.91 Å². The van der Waals surface area contributed by atoms with Gasteiger partial charge < -0.3 is 0 Å². The molecular weight excluding hydrogens is 323 g/mol. The first-order valence-electron chi connectivity index (χ1n) is 7.63. The summed E-state index contributed by atoms with van der Waals surface area (Å²) in [5.41, 5.74) is 0.793. The minimum atomic E-state index is -4.50. The van der Waals surface area contributed by atoms with E-state index in [0.717, 1.165) is 17.1 Å². The highest BCUT2D eigenvalue weighted by molar-refractivity contribution is 6.06. The smallest absolute Gasteiger partial charge is 0.272 e. The van der Waals surface area contributed by atoms with Crippen molar-refractivity contribution < 1.29 is 22.8 Å². The van der Waals surface area contributed by atoms with Gasteiger partial charge in [0.25, 0.3) is 5.91 Å². The van der Waals surface area contributed by atoms with Crippen LogP contribution in [0.1, 0.15) is 45.4 Å². The van der Waals surface area contributed by atoms with Gasteiger partial charge in [-0.25, -0.2) is 4.98 Å². The van der Waals surface area contributed by atoms with Gasteiger partial charge in [-0.3, -0.25) is 15.0 Å². The van der Waals surface area contributed by atoms with Crippen LogP contribution in [-0.2, 0) is 22.2 Å². The third-order valence-corrected chi connectivity index (χ3v) is 3.73. The average Bonchev–Trinajstić information content (AvgIpc) is 2.59. The number of hydrogen-bond donors (Lipinski definition) is 1. The van der Waals surface area contributed by atoms with E-state index in [9.17, 15) is 22.8 Å². The molecule has 1 saturated heterocycles. The van der Waals surface area contributed by atoms with Crippen molar-refractivity contribution in [1.29, 1.82) is 0 Å². The molecule has 0 aromatic carbocycles. The highest BCUT2D eigenvalue weighted by Crippen LogP contribution is 2.34. The van der Waals surface area contributed by atoms with E-state index in [2.05, 4.69) is 10.4 Å². The van der Waals surface area contributed by atoms with E-state index in [1.54, 1.807) is 27.7 Å². The summed E-state index contributed by atoms with van der Waals surface area (Å²) >= 11 is 0. The molecule has 0 aliphatic carbocycles. The van der Waals surface area contributed by atoms with Gasteiger partial charge in [-0.05, 0) is 24.5 Å². The van der Waals surface area contributed by atoms with Gasteiger partial charge >= 0.3 is 6.18 Å². The number of anilines is 1. The molecule has 1 aliphatic rings. The summed E-state index contributed by atoms with van der Waals surface area (Å²) < 4.78 is 39.2. The standard InChI is InChI=1S/C16H20F3N3O2/c1-9(2)7-11-10(16(17,18)19)5-6-12(20-11)21-22-13(23)8-15(3,4)14(22)24/h5-6,9H,7-8H2,1-4H3,(H,20,21). The molecule has 0 saturated carbocycles. The third-order valence-electron chi connectivity index (χ3n) is 3.73. The first kappa shape index (κ1) is 18.2. The van der Waals surface area contributed by atoms with Gasteiger partial charge in [0, 0.05) is 6.42 Å². The largest absolute Gasteiger partial charge is 0.418 e. The molecular formula is C16H20F3N3O2. The number of hydrogen-bond acceptors (Lipinski definition) is 4. The number of nitrogens with zero attached hydrogens (tertiary/aromatic N) is 2. The van der Waals surface area contributed by atoms with Gasteiger partial charge in [-0.2, -0.15) is 18.2 Å². The first-order chi connectivity index (χ1) is 10.9. The molecule has 1 N–H and O–H groups in total. The molecule has 1 fully saturated rings. The number of carbonyl (C=O) groups is 2. The van der Waals surface area contributed by atoms with Crippen LogP contribution in [0.5, 0.6) is 0 Å². The van der Waals surface area contributed by atoms with Crippen LogP contribution < -0.4 is 5.43 Å². The Morgan fingerprint density at radius 2 is 1.92 bits per heavy atom. The highest BCUT2D eigenvalue weighted by Gasteiger charge is 2.45. The van der Waals surface area contributed by atoms with Gasteiger partial charge in [-0.15, -0.1) is 0 Å². The number of carbonyl (C=O) groups excluding carboxylic acids is 2. The van der Waals surface area contributed by atoms with E-state index in [4.69, 9.17) is 0 Å². The molecule has 0 spiro atoms. The Balaban J connectivity index is 2.32. The Labute approximate surface area is 138 Å². The number of hydrazine groups is 1. The van der Waals surface area contributed by atoms with E-state index < -0.39 is 29.0 Å². The maximum atomic E-state index is 13.1. The number of alkyl halides is 3. The second-order valence-corrected chi connectivity index (χ2v) is 6.99. The van der Waals surface area contributed by atoms with Crippen LogP contribution in [0.3, 0.4) is 0 Å². The minimum absolute atomic E-state index is 0.0252. The van der Waals surface area contributed by atoms with Crippen molar-refractivity contribution >= 4 is 17.6 Å². The summed E-state index contributed by atoms with van der Waals surface area (Å²) in [5, 5.41) is 0.828. The zero-order valence-corrected chi connectivity index (χ0v) is 14.0. The summed E-state index contributed by atoms with van der Waals surface area (Å²) in [7, 11) is 0. The van der Waals surface area contributed by atoms with Gasteiger partial charge in [0.05, 0.1) is 16.7 Å². The van der Waals surface area contributed by atoms with Crippen molar-refractivity contribution in [3.8, 4) is 0 Å². The summed E-state index contributed by atoms with van der Waals surface area (Å²) in [6.07, 6.45) is -4.33. The molecule has 0 bridgehead atoms. The molecule has 132 valence electrons. The molecule has 2 amide bonds. The molecule has 2 rings (SSSR count). The number of nitrogens with one attached hydrogen (secondary N) is 1. The number of rotatable bonds is 4. The predicted octanol–water partition coefficient (Wildman–Crippen LogP) is 3.41. The lowest BCUT2D eigenvalue weighted by molar-refractivity contribution is -0.140. The minimum Gasteiger partial charge on any atom is -0.272 e. The number of aromatic nitrogens is 1. The maximum Gasteiger partial charge on any atom is 0.418 e. The predicted molar refractivity (Wildman–Crippen MR) is 81.7 cm³/mol. The molecule has 5 nitrogen and oxygen atoms in total. The van der Waals surface area contributed by atoms with E-state index in [1.165, 1.54) is 0 Å². The third kappa shape index (κ3) is 3.68. The second-order valence-electron chi connectivity index (χ2n) is 6.99. The van der Waals surface area contributed by atoms with Crippen LogP contribution in [0, 0.1) is 11.3 Å². The van der Waals surface area contributed by atoms with E-state index in [1.807, 2.05) is 0 Å². The van der Waals surface area contributed by atoms with Crippen molar-refractivity contribution in [1.82, 2.24) is 9.99 Å². The molecule has 0 radical (unpaired) electrons. The fourth-order valence-corrected chi connectivity index (χ4v) is 2.54. The van der Waals surface area contributed by atoms with Crippen molar-refractivity contribution in [3.63, 3.8) is 0 Å². The summed E-state index contributed by atoms with van der Waals surface area (Å²) in [6.45, 7) is 6.86. The topological polar surface area (TPSA) is 62.3 Å². The van der Waals surface area contributed by atoms with Crippen molar-refractivity contribution in [2.45, 2.75) is 46.7 Å². The van der Waals surface area contributed by atoms with E-state index >= 15 is 0 Å². The lowest BCUT2D eigenvalue weighted by Crippen LogP contribution is -2.38. The Kier molecular flexibility index (Phi) is 4.61. The Bertz CT molecular complexity index is 669. The molecule has 0 unspecified atom stereocenters. The van der Waals surface area contributed by atoms with Crippen molar-refractivity contribution in [3.05, 3.63) is 23.4 Å². The lowest BCUT2D eigenvalue weighted by atomic mass is 9.92. The zero-order valence-electron chi connectivity index (χ0n) is 14.0. The molecule has 1 aliphatic heterocycles. The van der Waals surface area contributed by atoms with Crippen molar-refractivity contribution in [2.75, 3.05) is 5.43 Å². The quantitative estimate of drug-likeness (QED) is 0.851. The SMILES string of the molecule is CC(C)Cc1nc(NN2C(=O)CC(C)(C)C2=O)ccc1C(F)(F)F. The molecule has 1 aromatic heterocycles. The van der Waals surface area contributed by atoms with E-state index in [-0.39, 0.29) is 30.3 Å². The zero-order chi connectivity index (χ0) is 18.3. The average molecular weight is 343 g/mol. The van der Waals surface area contributed by atoms with Crippen LogP contribution >= 0.6 is 0 Å². The molecule has 2 heterocycles. The fraction of sp³-hybridized carbons (Fsp3) is 0.562. The summed E-state index contributed by atoms with van der Waals surface area (Å²) in [5.74, 6) is -0.849. The van der Waals surface area contributed by atoms with Crippen LogP contribution in [0.4, 0.5) is 19.0 Å². The number of imide groups is 1. The van der Waals surface area contributed by atoms with Crippen molar-refractivity contribution in [2.24, 2.45) is 11.3 Å². The number of halogens is 3. The molecule has 1 aromatic rings. The number of pyridine rings is 1. The maximum absolute atomic E-state index is 13.1. The number of amides is 2. The normalized spacial score (nSPS) is 17.8. The summed E-state index contributed by atoms with van der Waals surface area (Å²) in [6, 6.07) is 2.04. The first-order valence-corrected chi connectivity index (χ1v) is 7.63. The van der Waals surface area contributed by atoms with Gasteiger partial charge in [-0.1, -0.05) is 27.7 Å². The second kappa shape index (κ2) is 6.07. The Hall–Kier alpha value is -2.12. The Morgan fingerprint density at radius 1 is 1.29 bits per heavy atom. The fourth-order valence-electron chi connectivity index (χ4n) is 2.54. The lowest BCUT2D eigenvalue weighted by Gasteiger charge is -2.20. The highest BCUT2D eigenvalue weighted by atomic mass is 19.4. The molecule has 8 heteroatoms. The monoisotopic (exact) mass is 343 g/mol. The van der Waals surface area contributed by atoms with Crippen LogP contribution in [-0.4, -0.2) is 21.8 Å². The van der Waals surface area contributed by atoms with Gasteiger partial charge in [0.15, 0.2) is 0 Å². The molecule has 0 atom stereocenters. The van der Waals surface area contributed by atoms with Crippen LogP contribution in [0.25, 0.3) is 0 Å². The van der Waals surface area contributed by atoms with Crippen LogP contribution in [0.2, 0.25) is 0 Å². The summed E-state index contributed by atoms with van der Waals surface area (Å²) in [4.78, 5) is 28.1. The van der Waals surface area contributed by atoms with E-state index in [0.29, 0.717) is 0 Å². The van der Waals surface area contributed by atoms with Crippen LogP contribution in [0.15, 0.2) is 12.1 Å². The molecule has 24 heavy (non-hydrogen) atoms.